The van der Waals surface area contributed by atoms with Gasteiger partial charge in [-0.25, -0.2) is 9.78 Å². The van der Waals surface area contributed by atoms with Gasteiger partial charge in [-0.15, -0.1) is 0 Å². The van der Waals surface area contributed by atoms with Crippen LogP contribution in [-0.2, 0) is 4.79 Å². The lowest BCUT2D eigenvalue weighted by Crippen LogP contribution is -2.55. The summed E-state index contributed by atoms with van der Waals surface area (Å²) in [6.07, 6.45) is 2.13. The molecule has 2 fully saturated rings. The van der Waals surface area contributed by atoms with Gasteiger partial charge in [-0.05, 0) is 19.8 Å². The van der Waals surface area contributed by atoms with Crippen LogP contribution in [0.4, 0.5) is 10.7 Å². The Labute approximate surface area is 146 Å². The molecule has 1 aromatic rings. The van der Waals surface area contributed by atoms with Gasteiger partial charge in [0.15, 0.2) is 0 Å². The summed E-state index contributed by atoms with van der Waals surface area (Å²) in [6.45, 7) is 4.30. The monoisotopic (exact) mass is 346 g/mol. The molecule has 0 aromatic carbocycles. The Bertz CT molecular complexity index is 697. The standard InChI is InChI=1S/C16H22N6O3/c1-10(13(23)20-16(24)18-2)21-5-7-22(8-6-21)15-12(9-17)19-14(25-15)11-3-4-11/h10-11H,3-8H2,1-2H3,(H2,18,20,23,24)/t10-/m0/s1. The molecule has 25 heavy (non-hydrogen) atoms. The summed E-state index contributed by atoms with van der Waals surface area (Å²) in [5, 5.41) is 13.9. The number of rotatable bonds is 4. The molecule has 1 aliphatic heterocycles. The van der Waals surface area contributed by atoms with Crippen molar-refractivity contribution in [3.8, 4) is 6.07 Å². The van der Waals surface area contributed by atoms with E-state index >= 15 is 0 Å². The third-order valence-electron chi connectivity index (χ3n) is 4.65. The Kier molecular flexibility index (Phi) is 4.90. The van der Waals surface area contributed by atoms with E-state index in [1.807, 2.05) is 9.80 Å². The molecule has 3 amide bonds. The van der Waals surface area contributed by atoms with Crippen molar-refractivity contribution in [2.45, 2.75) is 31.7 Å². The number of amides is 3. The van der Waals surface area contributed by atoms with Gasteiger partial charge in [0.2, 0.25) is 23.4 Å². The Hall–Kier alpha value is -2.60. The quantitative estimate of drug-likeness (QED) is 0.810. The van der Waals surface area contributed by atoms with E-state index in [0.717, 1.165) is 12.8 Å². The van der Waals surface area contributed by atoms with E-state index in [1.54, 1.807) is 6.92 Å². The normalized spacial score (nSPS) is 19.2. The van der Waals surface area contributed by atoms with E-state index in [1.165, 1.54) is 7.05 Å². The molecule has 0 unspecified atom stereocenters. The van der Waals surface area contributed by atoms with E-state index in [0.29, 0.717) is 49.6 Å². The summed E-state index contributed by atoms with van der Waals surface area (Å²) >= 11 is 0. The maximum atomic E-state index is 12.0. The summed E-state index contributed by atoms with van der Waals surface area (Å²) in [4.78, 5) is 31.6. The van der Waals surface area contributed by atoms with Crippen LogP contribution >= 0.6 is 0 Å². The summed E-state index contributed by atoms with van der Waals surface area (Å²) in [7, 11) is 1.46. The van der Waals surface area contributed by atoms with Crippen molar-refractivity contribution >= 4 is 17.8 Å². The van der Waals surface area contributed by atoms with E-state index in [2.05, 4.69) is 21.7 Å². The zero-order valence-electron chi connectivity index (χ0n) is 14.4. The second-order valence-electron chi connectivity index (χ2n) is 6.36. The number of imide groups is 1. The highest BCUT2D eigenvalue weighted by atomic mass is 16.4. The average molecular weight is 346 g/mol. The van der Waals surface area contributed by atoms with Crippen molar-refractivity contribution in [2.24, 2.45) is 0 Å². The van der Waals surface area contributed by atoms with Gasteiger partial charge < -0.3 is 14.6 Å². The lowest BCUT2D eigenvalue weighted by atomic mass is 10.2. The van der Waals surface area contributed by atoms with Gasteiger partial charge >= 0.3 is 6.03 Å². The number of nitriles is 1. The second-order valence-corrected chi connectivity index (χ2v) is 6.36. The largest absolute Gasteiger partial charge is 0.423 e. The maximum absolute atomic E-state index is 12.0. The van der Waals surface area contributed by atoms with Gasteiger partial charge in [0.05, 0.1) is 6.04 Å². The number of aromatic nitrogens is 1. The Morgan fingerprint density at radius 3 is 2.56 bits per heavy atom. The zero-order valence-corrected chi connectivity index (χ0v) is 14.4. The van der Waals surface area contributed by atoms with Crippen LogP contribution in [0.2, 0.25) is 0 Å². The molecule has 9 heteroatoms. The number of urea groups is 1. The number of nitrogens with zero attached hydrogens (tertiary/aromatic N) is 4. The first kappa shape index (κ1) is 17.2. The number of anilines is 1. The lowest BCUT2D eigenvalue weighted by molar-refractivity contribution is -0.124. The van der Waals surface area contributed by atoms with Gasteiger partial charge in [0.1, 0.15) is 6.07 Å². The molecular formula is C16H22N6O3. The Balaban J connectivity index is 1.59. The number of carbonyl (C=O) groups is 2. The first-order valence-corrected chi connectivity index (χ1v) is 8.46. The number of hydrogen-bond acceptors (Lipinski definition) is 7. The molecule has 1 aliphatic carbocycles. The van der Waals surface area contributed by atoms with Crippen LogP contribution in [0.5, 0.6) is 0 Å². The van der Waals surface area contributed by atoms with Crippen molar-refractivity contribution in [2.75, 3.05) is 38.1 Å². The van der Waals surface area contributed by atoms with Crippen LogP contribution in [0.25, 0.3) is 0 Å². The number of hydrogen-bond donors (Lipinski definition) is 2. The van der Waals surface area contributed by atoms with Crippen molar-refractivity contribution < 1.29 is 14.0 Å². The Morgan fingerprint density at radius 1 is 1.32 bits per heavy atom. The number of oxazole rings is 1. The fraction of sp³-hybridized carbons (Fsp3) is 0.625. The number of piperazine rings is 1. The highest BCUT2D eigenvalue weighted by Crippen LogP contribution is 2.41. The highest BCUT2D eigenvalue weighted by molar-refractivity contribution is 5.96. The fourth-order valence-corrected chi connectivity index (χ4v) is 2.88. The predicted octanol–water partition coefficient (Wildman–Crippen LogP) is 0.390. The molecule has 0 spiro atoms. The minimum atomic E-state index is -0.511. The van der Waals surface area contributed by atoms with Crippen LogP contribution in [0.3, 0.4) is 0 Å². The minimum absolute atomic E-state index is 0.332. The molecule has 2 heterocycles. The average Bonchev–Trinajstić information content (AvgIpc) is 3.40. The minimum Gasteiger partial charge on any atom is -0.423 e. The molecule has 0 bridgehead atoms. The molecule has 1 atom stereocenters. The molecule has 134 valence electrons. The maximum Gasteiger partial charge on any atom is 0.321 e. The predicted molar refractivity (Wildman–Crippen MR) is 89.0 cm³/mol. The number of nitrogens with one attached hydrogen (secondary N) is 2. The van der Waals surface area contributed by atoms with Crippen LogP contribution in [0.1, 0.15) is 37.3 Å². The van der Waals surface area contributed by atoms with Gasteiger partial charge in [-0.3, -0.25) is 15.0 Å². The van der Waals surface area contributed by atoms with Crippen molar-refractivity contribution in [3.63, 3.8) is 0 Å². The van der Waals surface area contributed by atoms with Crippen molar-refractivity contribution in [1.82, 2.24) is 20.5 Å². The molecule has 3 rings (SSSR count). The molecule has 2 N–H and O–H groups in total. The second kappa shape index (κ2) is 7.11. The molecule has 9 nitrogen and oxygen atoms in total. The van der Waals surface area contributed by atoms with E-state index in [9.17, 15) is 14.9 Å². The molecule has 2 aliphatic rings. The SMILES string of the molecule is CNC(=O)NC(=O)[C@H](C)N1CCN(c2oc(C3CC3)nc2C#N)CC1. The topological polar surface area (TPSA) is 114 Å². The molecule has 1 saturated carbocycles. The van der Waals surface area contributed by atoms with Gasteiger partial charge in [-0.1, -0.05) is 0 Å². The fourth-order valence-electron chi connectivity index (χ4n) is 2.88. The molecular weight excluding hydrogens is 324 g/mol. The van der Waals surface area contributed by atoms with Crippen molar-refractivity contribution in [1.29, 1.82) is 5.26 Å². The summed E-state index contributed by atoms with van der Waals surface area (Å²) in [6, 6.07) is 1.19. The van der Waals surface area contributed by atoms with E-state index < -0.39 is 12.1 Å². The molecule has 1 saturated heterocycles. The molecule has 1 aromatic heterocycles. The van der Waals surface area contributed by atoms with Crippen LogP contribution in [0, 0.1) is 11.3 Å². The van der Waals surface area contributed by atoms with Crippen LogP contribution in [-0.4, -0.2) is 61.1 Å². The van der Waals surface area contributed by atoms with Gasteiger partial charge in [-0.2, -0.15) is 5.26 Å². The summed E-state index contributed by atoms with van der Waals surface area (Å²) in [5.41, 5.74) is 0.334. The first-order valence-electron chi connectivity index (χ1n) is 8.46. The summed E-state index contributed by atoms with van der Waals surface area (Å²) in [5.74, 6) is 1.22. The molecule has 0 radical (unpaired) electrons. The third-order valence-corrected chi connectivity index (χ3v) is 4.65. The van der Waals surface area contributed by atoms with E-state index in [-0.39, 0.29) is 5.91 Å². The third kappa shape index (κ3) is 3.74. The smallest absolute Gasteiger partial charge is 0.321 e. The summed E-state index contributed by atoms with van der Waals surface area (Å²) < 4.78 is 5.82. The number of carbonyl (C=O) groups excluding carboxylic acids is 2. The highest BCUT2D eigenvalue weighted by Gasteiger charge is 2.33. The van der Waals surface area contributed by atoms with Gasteiger partial charge in [0.25, 0.3) is 0 Å². The van der Waals surface area contributed by atoms with Crippen LogP contribution < -0.4 is 15.5 Å². The van der Waals surface area contributed by atoms with Gasteiger partial charge in [0, 0.05) is 39.1 Å². The lowest BCUT2D eigenvalue weighted by Gasteiger charge is -2.37. The Morgan fingerprint density at radius 2 is 2.00 bits per heavy atom. The van der Waals surface area contributed by atoms with Crippen LogP contribution in [0.15, 0.2) is 4.42 Å². The first-order chi connectivity index (χ1) is 12.0. The zero-order chi connectivity index (χ0) is 18.0. The van der Waals surface area contributed by atoms with E-state index in [4.69, 9.17) is 4.42 Å². The van der Waals surface area contributed by atoms with Crippen molar-refractivity contribution in [3.05, 3.63) is 11.6 Å².